The molecule has 3 rings (SSSR count). The molecule has 0 aromatic heterocycles. The molecule has 2 saturated carbocycles. The van der Waals surface area contributed by atoms with Gasteiger partial charge in [-0.05, 0) is 49.3 Å². The van der Waals surface area contributed by atoms with E-state index >= 15 is 0 Å². The zero-order valence-corrected chi connectivity index (χ0v) is 14.0. The molecule has 1 aromatic rings. The summed E-state index contributed by atoms with van der Waals surface area (Å²) in [7, 11) is 0. The van der Waals surface area contributed by atoms with E-state index in [2.05, 4.69) is 5.32 Å². The molecule has 2 aliphatic carbocycles. The van der Waals surface area contributed by atoms with Crippen LogP contribution in [0.4, 0.5) is 10.5 Å². The molecule has 3 atom stereocenters. The van der Waals surface area contributed by atoms with Gasteiger partial charge in [-0.2, -0.15) is 0 Å². The van der Waals surface area contributed by atoms with Crippen LogP contribution in [-0.4, -0.2) is 12.2 Å². The maximum absolute atomic E-state index is 12.0. The summed E-state index contributed by atoms with van der Waals surface area (Å²) >= 11 is 11.8. The summed E-state index contributed by atoms with van der Waals surface area (Å²) in [6, 6.07) is 5.00. The Balaban J connectivity index is 1.52. The lowest BCUT2D eigenvalue weighted by atomic mass is 9.70. The normalized spacial score (nSPS) is 27.8. The molecule has 22 heavy (non-hydrogen) atoms. The second-order valence-corrected chi connectivity index (χ2v) is 7.21. The van der Waals surface area contributed by atoms with E-state index in [1.807, 2.05) is 0 Å². The summed E-state index contributed by atoms with van der Waals surface area (Å²) in [5.74, 6) is 1.59. The van der Waals surface area contributed by atoms with Gasteiger partial charge in [0.1, 0.15) is 6.10 Å². The number of carbonyl (C=O) groups is 1. The quantitative estimate of drug-likeness (QED) is 0.726. The monoisotopic (exact) mass is 341 g/mol. The molecule has 0 saturated heterocycles. The van der Waals surface area contributed by atoms with E-state index in [0.29, 0.717) is 15.7 Å². The van der Waals surface area contributed by atoms with E-state index in [1.165, 1.54) is 32.1 Å². The fourth-order valence-electron chi connectivity index (χ4n) is 3.81. The lowest BCUT2D eigenvalue weighted by Gasteiger charge is -2.38. The third-order valence-electron chi connectivity index (χ3n) is 4.93. The molecule has 0 bridgehead atoms. The molecule has 5 heteroatoms. The van der Waals surface area contributed by atoms with E-state index in [0.717, 1.165) is 24.7 Å². The number of carbonyl (C=O) groups excluding carboxylic acids is 1. The average Bonchev–Trinajstić information content (AvgIpc) is 2.51. The standard InChI is InChI=1S/C17H21Cl2NO2/c18-15-8-6-13(10-16(15)19)20-17(21)22-14-7-5-11-3-1-2-4-12(11)9-14/h6,8,10-12,14H,1-5,7,9H2,(H,20,21)/t11-,12-,14-/m1/s1. The van der Waals surface area contributed by atoms with Crippen molar-refractivity contribution in [1.29, 1.82) is 0 Å². The molecule has 2 fully saturated rings. The first kappa shape index (κ1) is 15.9. The van der Waals surface area contributed by atoms with Gasteiger partial charge >= 0.3 is 6.09 Å². The average molecular weight is 342 g/mol. The highest BCUT2D eigenvalue weighted by Crippen LogP contribution is 2.41. The molecular weight excluding hydrogens is 321 g/mol. The molecule has 1 N–H and O–H groups in total. The third kappa shape index (κ3) is 3.88. The van der Waals surface area contributed by atoms with Gasteiger partial charge in [-0.1, -0.05) is 48.9 Å². The SMILES string of the molecule is O=C(Nc1ccc(Cl)c(Cl)c1)O[C@@H]1CC[C@H]2CCCC[C@@H]2C1. The Labute approximate surface area is 141 Å². The molecule has 120 valence electrons. The Bertz CT molecular complexity index is 549. The number of hydrogen-bond donors (Lipinski definition) is 1. The van der Waals surface area contributed by atoms with Crippen molar-refractivity contribution in [3.8, 4) is 0 Å². The number of anilines is 1. The molecule has 0 heterocycles. The largest absolute Gasteiger partial charge is 0.446 e. The lowest BCUT2D eigenvalue weighted by Crippen LogP contribution is -2.33. The van der Waals surface area contributed by atoms with Crippen molar-refractivity contribution in [1.82, 2.24) is 0 Å². The van der Waals surface area contributed by atoms with Crippen LogP contribution in [0.3, 0.4) is 0 Å². The van der Waals surface area contributed by atoms with Gasteiger partial charge in [0.2, 0.25) is 0 Å². The van der Waals surface area contributed by atoms with Crippen LogP contribution in [0.15, 0.2) is 18.2 Å². The van der Waals surface area contributed by atoms with Crippen LogP contribution in [0.5, 0.6) is 0 Å². The van der Waals surface area contributed by atoms with Crippen molar-refractivity contribution in [3.05, 3.63) is 28.2 Å². The van der Waals surface area contributed by atoms with Crippen molar-refractivity contribution < 1.29 is 9.53 Å². The van der Waals surface area contributed by atoms with Crippen molar-refractivity contribution in [2.24, 2.45) is 11.8 Å². The highest BCUT2D eigenvalue weighted by molar-refractivity contribution is 6.42. The number of nitrogens with one attached hydrogen (secondary N) is 1. The lowest BCUT2D eigenvalue weighted by molar-refractivity contribution is 0.0339. The maximum Gasteiger partial charge on any atom is 0.411 e. The van der Waals surface area contributed by atoms with E-state index in [-0.39, 0.29) is 6.10 Å². The molecule has 1 aromatic carbocycles. The topological polar surface area (TPSA) is 38.3 Å². The molecule has 0 unspecified atom stereocenters. The Morgan fingerprint density at radius 1 is 1.05 bits per heavy atom. The van der Waals surface area contributed by atoms with E-state index in [9.17, 15) is 4.79 Å². The summed E-state index contributed by atoms with van der Waals surface area (Å²) in [6.07, 6.45) is 8.16. The van der Waals surface area contributed by atoms with Crippen LogP contribution >= 0.6 is 23.2 Å². The van der Waals surface area contributed by atoms with Gasteiger partial charge in [-0.15, -0.1) is 0 Å². The zero-order chi connectivity index (χ0) is 15.5. The number of benzene rings is 1. The maximum atomic E-state index is 12.0. The van der Waals surface area contributed by atoms with Crippen LogP contribution in [0.25, 0.3) is 0 Å². The van der Waals surface area contributed by atoms with Crippen molar-refractivity contribution >= 4 is 35.0 Å². The number of hydrogen-bond acceptors (Lipinski definition) is 2. The molecule has 0 radical (unpaired) electrons. The summed E-state index contributed by atoms with van der Waals surface area (Å²) in [5.41, 5.74) is 0.603. The van der Waals surface area contributed by atoms with Gasteiger partial charge in [0.25, 0.3) is 0 Å². The first-order valence-corrected chi connectivity index (χ1v) is 8.80. The van der Waals surface area contributed by atoms with Gasteiger partial charge in [0, 0.05) is 5.69 Å². The Hall–Kier alpha value is -0.930. The van der Waals surface area contributed by atoms with Crippen molar-refractivity contribution in [2.75, 3.05) is 5.32 Å². The number of halogens is 2. The first-order chi connectivity index (χ1) is 10.6. The van der Waals surface area contributed by atoms with Gasteiger partial charge in [-0.25, -0.2) is 4.79 Å². The van der Waals surface area contributed by atoms with Gasteiger partial charge in [0.05, 0.1) is 10.0 Å². The Morgan fingerprint density at radius 2 is 1.82 bits per heavy atom. The Kier molecular flexibility index (Phi) is 5.14. The molecule has 0 spiro atoms. The highest BCUT2D eigenvalue weighted by Gasteiger charge is 2.33. The minimum absolute atomic E-state index is 0.0436. The van der Waals surface area contributed by atoms with Gasteiger partial charge in [-0.3, -0.25) is 5.32 Å². The predicted octanol–water partition coefficient (Wildman–Crippen LogP) is 5.90. The fourth-order valence-corrected chi connectivity index (χ4v) is 4.11. The summed E-state index contributed by atoms with van der Waals surface area (Å²) in [4.78, 5) is 12.0. The highest BCUT2D eigenvalue weighted by atomic mass is 35.5. The van der Waals surface area contributed by atoms with E-state index < -0.39 is 6.09 Å². The number of amides is 1. The Morgan fingerprint density at radius 3 is 2.59 bits per heavy atom. The predicted molar refractivity (Wildman–Crippen MR) is 89.7 cm³/mol. The smallest absolute Gasteiger partial charge is 0.411 e. The molecule has 3 nitrogen and oxygen atoms in total. The number of ether oxygens (including phenoxy) is 1. The third-order valence-corrected chi connectivity index (χ3v) is 5.67. The molecular formula is C17H21Cl2NO2. The number of rotatable bonds is 2. The minimum Gasteiger partial charge on any atom is -0.446 e. The van der Waals surface area contributed by atoms with Crippen LogP contribution in [0, 0.1) is 11.8 Å². The van der Waals surface area contributed by atoms with Crippen molar-refractivity contribution in [2.45, 2.75) is 51.0 Å². The van der Waals surface area contributed by atoms with Crippen LogP contribution in [0.2, 0.25) is 10.0 Å². The molecule has 0 aliphatic heterocycles. The minimum atomic E-state index is -0.405. The van der Waals surface area contributed by atoms with Crippen LogP contribution in [0.1, 0.15) is 44.9 Å². The molecule has 2 aliphatic rings. The van der Waals surface area contributed by atoms with Gasteiger partial charge < -0.3 is 4.74 Å². The van der Waals surface area contributed by atoms with E-state index in [1.54, 1.807) is 18.2 Å². The zero-order valence-electron chi connectivity index (χ0n) is 12.5. The number of fused-ring (bicyclic) bond motifs is 1. The van der Waals surface area contributed by atoms with Crippen molar-refractivity contribution in [3.63, 3.8) is 0 Å². The van der Waals surface area contributed by atoms with Crippen LogP contribution < -0.4 is 5.32 Å². The second kappa shape index (κ2) is 7.10. The summed E-state index contributed by atoms with van der Waals surface area (Å²) in [6.45, 7) is 0. The molecule has 1 amide bonds. The first-order valence-electron chi connectivity index (χ1n) is 8.04. The summed E-state index contributed by atoms with van der Waals surface area (Å²) < 4.78 is 5.59. The summed E-state index contributed by atoms with van der Waals surface area (Å²) in [5, 5.41) is 3.61. The fraction of sp³-hybridized carbons (Fsp3) is 0.588. The van der Waals surface area contributed by atoms with Crippen LogP contribution in [-0.2, 0) is 4.74 Å². The van der Waals surface area contributed by atoms with E-state index in [4.69, 9.17) is 27.9 Å². The second-order valence-electron chi connectivity index (χ2n) is 6.40. The van der Waals surface area contributed by atoms with Gasteiger partial charge in [0.15, 0.2) is 0 Å².